The largest absolute Gasteiger partial charge is 0.372 e. The number of morpholine rings is 1. The van der Waals surface area contributed by atoms with Gasteiger partial charge in [0, 0.05) is 13.1 Å². The molecule has 0 amide bonds. The smallest absolute Gasteiger partial charge is 0.0807 e. The second-order valence-electron chi connectivity index (χ2n) is 4.94. The zero-order valence-electron chi connectivity index (χ0n) is 9.35. The van der Waals surface area contributed by atoms with Crippen LogP contribution < -0.4 is 5.32 Å². The number of hydrogen-bond donors (Lipinski definition) is 1. The fourth-order valence-electron chi connectivity index (χ4n) is 2.93. The van der Waals surface area contributed by atoms with Gasteiger partial charge in [0.15, 0.2) is 0 Å². The van der Waals surface area contributed by atoms with Gasteiger partial charge < -0.3 is 10.1 Å². The van der Waals surface area contributed by atoms with Crippen molar-refractivity contribution in [3.05, 3.63) is 0 Å². The van der Waals surface area contributed by atoms with Crippen molar-refractivity contribution in [2.45, 2.75) is 51.0 Å². The first-order valence-electron chi connectivity index (χ1n) is 6.19. The topological polar surface area (TPSA) is 21.3 Å². The van der Waals surface area contributed by atoms with Gasteiger partial charge in [0.05, 0.1) is 12.2 Å². The summed E-state index contributed by atoms with van der Waals surface area (Å²) >= 11 is 0. The average molecular weight is 197 g/mol. The van der Waals surface area contributed by atoms with E-state index < -0.39 is 0 Å². The molecule has 2 nitrogen and oxygen atoms in total. The van der Waals surface area contributed by atoms with Crippen molar-refractivity contribution in [2.24, 2.45) is 5.92 Å². The van der Waals surface area contributed by atoms with E-state index in [9.17, 15) is 0 Å². The van der Waals surface area contributed by atoms with Gasteiger partial charge in [0.2, 0.25) is 0 Å². The van der Waals surface area contributed by atoms with E-state index in [0.29, 0.717) is 0 Å². The molecule has 2 rings (SSSR count). The van der Waals surface area contributed by atoms with Gasteiger partial charge in [-0.2, -0.15) is 0 Å². The van der Waals surface area contributed by atoms with Crippen LogP contribution in [0.15, 0.2) is 0 Å². The third kappa shape index (κ3) is 2.29. The molecular weight excluding hydrogens is 174 g/mol. The molecule has 1 saturated heterocycles. The van der Waals surface area contributed by atoms with Crippen molar-refractivity contribution in [2.75, 3.05) is 19.7 Å². The summed E-state index contributed by atoms with van der Waals surface area (Å²) in [6.45, 7) is 5.34. The summed E-state index contributed by atoms with van der Waals surface area (Å²) in [7, 11) is 0. The van der Waals surface area contributed by atoms with Crippen molar-refractivity contribution in [3.8, 4) is 0 Å². The van der Waals surface area contributed by atoms with Gasteiger partial charge >= 0.3 is 0 Å². The molecule has 1 heterocycles. The molecule has 0 bridgehead atoms. The molecule has 14 heavy (non-hydrogen) atoms. The molecule has 2 fully saturated rings. The summed E-state index contributed by atoms with van der Waals surface area (Å²) in [6.07, 6.45) is 8.10. The Morgan fingerprint density at radius 3 is 2.71 bits per heavy atom. The van der Waals surface area contributed by atoms with Crippen LogP contribution in [-0.4, -0.2) is 25.3 Å². The Morgan fingerprint density at radius 1 is 1.36 bits per heavy atom. The van der Waals surface area contributed by atoms with Crippen LogP contribution in [0.25, 0.3) is 0 Å². The van der Waals surface area contributed by atoms with Crippen molar-refractivity contribution >= 4 is 0 Å². The summed E-state index contributed by atoms with van der Waals surface area (Å²) in [5.41, 5.74) is 0.225. The predicted octanol–water partition coefficient (Wildman–Crippen LogP) is 2.34. The summed E-state index contributed by atoms with van der Waals surface area (Å²) in [5, 5.41) is 3.47. The van der Waals surface area contributed by atoms with Gasteiger partial charge in [-0.25, -0.2) is 0 Å². The number of rotatable bonds is 2. The molecular formula is C12H23NO. The second kappa shape index (κ2) is 4.63. The minimum absolute atomic E-state index is 0.225. The maximum absolute atomic E-state index is 5.97. The SMILES string of the molecule is CCCC1CCC2(CC1)CNCCO2. The Kier molecular flexibility index (Phi) is 3.45. The van der Waals surface area contributed by atoms with Crippen LogP contribution in [0.2, 0.25) is 0 Å². The Hall–Kier alpha value is -0.0800. The first-order chi connectivity index (χ1) is 6.85. The van der Waals surface area contributed by atoms with Crippen molar-refractivity contribution in [1.82, 2.24) is 5.32 Å². The van der Waals surface area contributed by atoms with Gasteiger partial charge in [-0.05, 0) is 31.6 Å². The van der Waals surface area contributed by atoms with E-state index in [0.717, 1.165) is 25.6 Å². The van der Waals surface area contributed by atoms with Gasteiger partial charge in [0.25, 0.3) is 0 Å². The maximum Gasteiger partial charge on any atom is 0.0807 e. The summed E-state index contributed by atoms with van der Waals surface area (Å²) < 4.78 is 5.97. The molecule has 1 saturated carbocycles. The molecule has 0 aromatic rings. The third-order valence-electron chi connectivity index (χ3n) is 3.85. The average Bonchev–Trinajstić information content (AvgIpc) is 2.24. The Bertz CT molecular complexity index is 165. The predicted molar refractivity (Wildman–Crippen MR) is 58.4 cm³/mol. The number of hydrogen-bond acceptors (Lipinski definition) is 2. The fourth-order valence-corrected chi connectivity index (χ4v) is 2.93. The van der Waals surface area contributed by atoms with E-state index in [2.05, 4.69) is 12.2 Å². The normalized spacial score (nSPS) is 38.8. The molecule has 0 radical (unpaired) electrons. The molecule has 0 aromatic carbocycles. The lowest BCUT2D eigenvalue weighted by atomic mass is 9.76. The lowest BCUT2D eigenvalue weighted by Gasteiger charge is -2.43. The van der Waals surface area contributed by atoms with E-state index in [4.69, 9.17) is 4.74 Å². The maximum atomic E-state index is 5.97. The molecule has 0 unspecified atom stereocenters. The van der Waals surface area contributed by atoms with E-state index in [1.807, 2.05) is 0 Å². The molecule has 1 N–H and O–H groups in total. The molecule has 1 aliphatic carbocycles. The Labute approximate surface area is 87.4 Å². The molecule has 1 aliphatic heterocycles. The van der Waals surface area contributed by atoms with Gasteiger partial charge in [-0.1, -0.05) is 19.8 Å². The lowest BCUT2D eigenvalue weighted by Crippen LogP contribution is -2.51. The van der Waals surface area contributed by atoms with Crippen molar-refractivity contribution in [1.29, 1.82) is 0 Å². The number of nitrogens with one attached hydrogen (secondary N) is 1. The van der Waals surface area contributed by atoms with Crippen molar-refractivity contribution < 1.29 is 4.74 Å². The van der Waals surface area contributed by atoms with Gasteiger partial charge in [-0.3, -0.25) is 0 Å². The van der Waals surface area contributed by atoms with Crippen LogP contribution in [-0.2, 0) is 4.74 Å². The van der Waals surface area contributed by atoms with E-state index in [1.54, 1.807) is 0 Å². The van der Waals surface area contributed by atoms with Crippen LogP contribution in [0, 0.1) is 5.92 Å². The Morgan fingerprint density at radius 2 is 2.14 bits per heavy atom. The van der Waals surface area contributed by atoms with Gasteiger partial charge in [0.1, 0.15) is 0 Å². The van der Waals surface area contributed by atoms with Crippen LogP contribution in [0.1, 0.15) is 45.4 Å². The van der Waals surface area contributed by atoms with Crippen LogP contribution in [0.4, 0.5) is 0 Å². The molecule has 1 spiro atoms. The summed E-state index contributed by atoms with van der Waals surface area (Å²) in [6, 6.07) is 0. The zero-order valence-corrected chi connectivity index (χ0v) is 9.35. The molecule has 0 atom stereocenters. The van der Waals surface area contributed by atoms with Gasteiger partial charge in [-0.15, -0.1) is 0 Å². The zero-order chi connectivity index (χ0) is 9.86. The number of ether oxygens (including phenoxy) is 1. The van der Waals surface area contributed by atoms with E-state index in [1.165, 1.54) is 38.5 Å². The minimum atomic E-state index is 0.225. The third-order valence-corrected chi connectivity index (χ3v) is 3.85. The van der Waals surface area contributed by atoms with Crippen molar-refractivity contribution in [3.63, 3.8) is 0 Å². The van der Waals surface area contributed by atoms with Crippen LogP contribution in [0.5, 0.6) is 0 Å². The quantitative estimate of drug-likeness (QED) is 0.733. The van der Waals surface area contributed by atoms with E-state index in [-0.39, 0.29) is 5.60 Å². The molecule has 2 heteroatoms. The monoisotopic (exact) mass is 197 g/mol. The first kappa shape index (κ1) is 10.4. The highest BCUT2D eigenvalue weighted by atomic mass is 16.5. The van der Waals surface area contributed by atoms with E-state index >= 15 is 0 Å². The van der Waals surface area contributed by atoms with Crippen LogP contribution >= 0.6 is 0 Å². The molecule has 0 aromatic heterocycles. The minimum Gasteiger partial charge on any atom is -0.372 e. The molecule has 2 aliphatic rings. The summed E-state index contributed by atoms with van der Waals surface area (Å²) in [4.78, 5) is 0. The lowest BCUT2D eigenvalue weighted by molar-refractivity contribution is -0.0950. The fraction of sp³-hybridized carbons (Fsp3) is 1.00. The summed E-state index contributed by atoms with van der Waals surface area (Å²) in [5.74, 6) is 0.983. The van der Waals surface area contributed by atoms with Crippen LogP contribution in [0.3, 0.4) is 0 Å². The second-order valence-corrected chi connectivity index (χ2v) is 4.94. The highest BCUT2D eigenvalue weighted by molar-refractivity contribution is 4.91. The Balaban J connectivity index is 1.81. The first-order valence-corrected chi connectivity index (χ1v) is 6.19. The molecule has 82 valence electrons. The highest BCUT2D eigenvalue weighted by Crippen LogP contribution is 2.37. The standard InChI is InChI=1S/C12H23NO/c1-2-3-11-4-6-12(7-5-11)10-13-8-9-14-12/h11,13H,2-10H2,1H3. The highest BCUT2D eigenvalue weighted by Gasteiger charge is 2.37.